The van der Waals surface area contributed by atoms with Gasteiger partial charge in [-0.2, -0.15) is 0 Å². The molecule has 0 unspecified atom stereocenters. The number of nitrogens with zero attached hydrogens (tertiary/aromatic N) is 2. The molecule has 0 aliphatic rings. The van der Waals surface area contributed by atoms with E-state index >= 15 is 0 Å². The SMILES string of the molecule is CC(C)(C)Nc1cc(Oc2ncc(Cl)cc2Cl)ccc1[N+](=O)[O-].O=[PH](O)O. The molecule has 2 aromatic rings. The Balaban J connectivity index is 0.000000828. The number of hydrogen-bond acceptors (Lipinski definition) is 6. The lowest BCUT2D eigenvalue weighted by molar-refractivity contribution is -0.384. The fourth-order valence-corrected chi connectivity index (χ4v) is 2.25. The molecule has 2 rings (SSSR count). The quantitative estimate of drug-likeness (QED) is 0.356. The van der Waals surface area contributed by atoms with E-state index in [0.29, 0.717) is 16.5 Å². The third-order valence-electron chi connectivity index (χ3n) is 2.66. The lowest BCUT2D eigenvalue weighted by atomic mass is 10.1. The third kappa shape index (κ3) is 8.55. The molecular weight excluding hydrogens is 420 g/mol. The van der Waals surface area contributed by atoms with E-state index in [1.54, 1.807) is 0 Å². The van der Waals surface area contributed by atoms with Crippen LogP contribution in [0.5, 0.6) is 11.6 Å². The Hall–Kier alpha value is -1.90. The molecule has 0 bridgehead atoms. The molecule has 0 saturated heterocycles. The van der Waals surface area contributed by atoms with Gasteiger partial charge in [0.1, 0.15) is 16.5 Å². The van der Waals surface area contributed by atoms with Crippen LogP contribution in [0.2, 0.25) is 10.0 Å². The first-order valence-electron chi connectivity index (χ1n) is 7.36. The summed E-state index contributed by atoms with van der Waals surface area (Å²) in [5.41, 5.74) is -0.0351. The molecule has 12 heteroatoms. The Kier molecular flexibility index (Phi) is 8.46. The van der Waals surface area contributed by atoms with Crippen LogP contribution >= 0.6 is 31.5 Å². The first-order chi connectivity index (χ1) is 12.4. The van der Waals surface area contributed by atoms with Gasteiger partial charge in [0.15, 0.2) is 0 Å². The molecule has 0 atom stereocenters. The fourth-order valence-electron chi connectivity index (χ4n) is 1.83. The van der Waals surface area contributed by atoms with Crippen molar-refractivity contribution in [1.29, 1.82) is 0 Å². The zero-order valence-electron chi connectivity index (χ0n) is 14.6. The average molecular weight is 438 g/mol. The molecule has 1 aromatic heterocycles. The van der Waals surface area contributed by atoms with Crippen LogP contribution in [0, 0.1) is 10.1 Å². The molecule has 0 aliphatic carbocycles. The molecule has 9 nitrogen and oxygen atoms in total. The minimum atomic E-state index is -3.13. The van der Waals surface area contributed by atoms with Gasteiger partial charge < -0.3 is 19.8 Å². The first-order valence-corrected chi connectivity index (χ1v) is 9.42. The summed E-state index contributed by atoms with van der Waals surface area (Å²) in [6.45, 7) is 5.71. The molecule has 148 valence electrons. The van der Waals surface area contributed by atoms with Crippen molar-refractivity contribution in [3.8, 4) is 11.6 Å². The monoisotopic (exact) mass is 437 g/mol. The number of anilines is 1. The standard InChI is InChI=1S/C15H15Cl2N3O3.H3O3P/c1-15(2,3)19-12-7-10(4-5-13(12)20(21)22)23-14-11(17)6-9(16)8-18-14;1-4(2)3/h4-8,19H,1-3H3;4H,(H2,1,2,3). The number of hydrogen-bond donors (Lipinski definition) is 3. The fraction of sp³-hybridized carbons (Fsp3) is 0.267. The number of nitro groups is 1. The molecule has 1 aromatic carbocycles. The van der Waals surface area contributed by atoms with Crippen LogP contribution in [0.4, 0.5) is 11.4 Å². The van der Waals surface area contributed by atoms with Crippen LogP contribution in [0.25, 0.3) is 0 Å². The zero-order valence-corrected chi connectivity index (χ0v) is 17.1. The van der Waals surface area contributed by atoms with Crippen LogP contribution in [-0.2, 0) is 4.57 Å². The topological polar surface area (TPSA) is 135 Å². The van der Waals surface area contributed by atoms with Gasteiger partial charge in [-0.25, -0.2) is 4.98 Å². The van der Waals surface area contributed by atoms with Gasteiger partial charge in [-0.05, 0) is 32.9 Å². The van der Waals surface area contributed by atoms with Crippen molar-refractivity contribution in [2.75, 3.05) is 5.32 Å². The highest BCUT2D eigenvalue weighted by Gasteiger charge is 2.20. The van der Waals surface area contributed by atoms with Crippen LogP contribution in [0.15, 0.2) is 30.5 Å². The Morgan fingerprint density at radius 2 is 1.85 bits per heavy atom. The molecule has 27 heavy (non-hydrogen) atoms. The van der Waals surface area contributed by atoms with Gasteiger partial charge in [-0.3, -0.25) is 14.7 Å². The molecule has 1 heterocycles. The minimum absolute atomic E-state index is 0.0394. The lowest BCUT2D eigenvalue weighted by Crippen LogP contribution is -2.26. The highest BCUT2D eigenvalue weighted by atomic mass is 35.5. The number of nitrogens with one attached hydrogen (secondary N) is 1. The van der Waals surface area contributed by atoms with E-state index in [0.717, 1.165) is 0 Å². The number of rotatable bonds is 4. The average Bonchev–Trinajstić information content (AvgIpc) is 2.48. The third-order valence-corrected chi connectivity index (χ3v) is 3.14. The van der Waals surface area contributed by atoms with Crippen molar-refractivity contribution in [2.24, 2.45) is 0 Å². The Bertz CT molecular complexity index is 841. The summed E-state index contributed by atoms with van der Waals surface area (Å²) < 4.78 is 14.3. The number of aromatic nitrogens is 1. The Labute approximate surface area is 166 Å². The summed E-state index contributed by atoms with van der Waals surface area (Å²) in [6, 6.07) is 5.90. The van der Waals surface area contributed by atoms with Gasteiger partial charge in [0.05, 0.1) is 9.95 Å². The number of halogens is 2. The second-order valence-corrected chi connectivity index (χ2v) is 7.54. The smallest absolute Gasteiger partial charge is 0.314 e. The van der Waals surface area contributed by atoms with Crippen molar-refractivity contribution in [1.82, 2.24) is 4.98 Å². The molecule has 0 radical (unpaired) electrons. The predicted molar refractivity (Wildman–Crippen MR) is 104 cm³/mol. The molecule has 0 amide bonds. The Morgan fingerprint density at radius 3 is 2.33 bits per heavy atom. The zero-order chi connectivity index (χ0) is 20.8. The van der Waals surface area contributed by atoms with Crippen LogP contribution in [-0.4, -0.2) is 25.2 Å². The van der Waals surface area contributed by atoms with Gasteiger partial charge in [0, 0.05) is 23.9 Å². The van der Waals surface area contributed by atoms with E-state index in [2.05, 4.69) is 10.3 Å². The molecular formula is C15H18Cl2N3O6P. The highest BCUT2D eigenvalue weighted by molar-refractivity contribution is 7.30. The maximum atomic E-state index is 11.1. The van der Waals surface area contributed by atoms with E-state index in [1.807, 2.05) is 20.8 Å². The summed E-state index contributed by atoms with van der Waals surface area (Å²) >= 11 is 11.8. The maximum absolute atomic E-state index is 11.1. The van der Waals surface area contributed by atoms with Crippen molar-refractivity contribution < 1.29 is 24.0 Å². The van der Waals surface area contributed by atoms with Crippen molar-refractivity contribution in [3.05, 3.63) is 50.6 Å². The second-order valence-electron chi connectivity index (χ2n) is 6.14. The summed E-state index contributed by atoms with van der Waals surface area (Å²) in [4.78, 5) is 29.0. The van der Waals surface area contributed by atoms with E-state index < -0.39 is 13.2 Å². The van der Waals surface area contributed by atoms with E-state index in [9.17, 15) is 10.1 Å². The van der Waals surface area contributed by atoms with Crippen LogP contribution in [0.3, 0.4) is 0 Å². The largest absolute Gasteiger partial charge is 0.437 e. The summed E-state index contributed by atoms with van der Waals surface area (Å²) in [6.07, 6.45) is 1.41. The first kappa shape index (κ1) is 23.1. The van der Waals surface area contributed by atoms with Gasteiger partial charge in [0.25, 0.3) is 5.69 Å². The number of pyridine rings is 1. The predicted octanol–water partition coefficient (Wildman–Crippen LogP) is 4.66. The molecule has 3 N–H and O–H groups in total. The highest BCUT2D eigenvalue weighted by Crippen LogP contribution is 2.34. The number of ether oxygens (including phenoxy) is 1. The minimum Gasteiger partial charge on any atom is -0.437 e. The number of nitro benzene ring substituents is 1. The molecule has 0 aliphatic heterocycles. The van der Waals surface area contributed by atoms with Gasteiger partial charge in [-0.1, -0.05) is 23.2 Å². The normalized spacial score (nSPS) is 10.8. The van der Waals surface area contributed by atoms with E-state index in [-0.39, 0.29) is 22.1 Å². The van der Waals surface area contributed by atoms with Crippen LogP contribution < -0.4 is 10.1 Å². The van der Waals surface area contributed by atoms with E-state index in [4.69, 9.17) is 42.3 Å². The van der Waals surface area contributed by atoms with Crippen molar-refractivity contribution in [2.45, 2.75) is 26.3 Å². The molecule has 0 fully saturated rings. The lowest BCUT2D eigenvalue weighted by Gasteiger charge is -2.22. The number of benzene rings is 1. The Morgan fingerprint density at radius 1 is 1.26 bits per heavy atom. The van der Waals surface area contributed by atoms with Crippen molar-refractivity contribution in [3.63, 3.8) is 0 Å². The van der Waals surface area contributed by atoms with E-state index in [1.165, 1.54) is 30.5 Å². The molecule has 0 spiro atoms. The van der Waals surface area contributed by atoms with Gasteiger partial charge >= 0.3 is 8.25 Å². The van der Waals surface area contributed by atoms with Gasteiger partial charge in [0.2, 0.25) is 5.88 Å². The maximum Gasteiger partial charge on any atom is 0.314 e. The second kappa shape index (κ2) is 9.87. The van der Waals surface area contributed by atoms with Crippen molar-refractivity contribution >= 4 is 42.8 Å². The summed E-state index contributed by atoms with van der Waals surface area (Å²) in [5.74, 6) is 0.547. The van der Waals surface area contributed by atoms with Crippen LogP contribution in [0.1, 0.15) is 20.8 Å². The molecule has 0 saturated carbocycles. The summed E-state index contributed by atoms with van der Waals surface area (Å²) in [7, 11) is -3.13. The van der Waals surface area contributed by atoms with Gasteiger partial charge in [-0.15, -0.1) is 0 Å². The summed E-state index contributed by atoms with van der Waals surface area (Å²) in [5, 5.41) is 14.9.